The first-order valence-electron chi connectivity index (χ1n) is 4.20. The molecule has 2 unspecified atom stereocenters. The Morgan fingerprint density at radius 3 is 2.70 bits per heavy atom. The van der Waals surface area contributed by atoms with Crippen molar-refractivity contribution < 1.29 is 4.74 Å². The average molecular weight is 141 g/mol. The Morgan fingerprint density at radius 1 is 1.30 bits per heavy atom. The number of hydrogen-bond donors (Lipinski definition) is 1. The Hall–Kier alpha value is -0.0800. The zero-order valence-corrected chi connectivity index (χ0v) is 6.47. The van der Waals surface area contributed by atoms with Crippen LogP contribution in [0.25, 0.3) is 0 Å². The van der Waals surface area contributed by atoms with Gasteiger partial charge in [-0.05, 0) is 32.2 Å². The lowest BCUT2D eigenvalue weighted by Crippen LogP contribution is -2.34. The first-order valence-corrected chi connectivity index (χ1v) is 4.20. The van der Waals surface area contributed by atoms with Gasteiger partial charge in [-0.3, -0.25) is 0 Å². The fraction of sp³-hybridized carbons (Fsp3) is 1.00. The maximum absolute atomic E-state index is 5.62. The van der Waals surface area contributed by atoms with Crippen LogP contribution < -0.4 is 5.32 Å². The van der Waals surface area contributed by atoms with E-state index in [2.05, 4.69) is 5.32 Å². The highest BCUT2D eigenvalue weighted by molar-refractivity contribution is 4.92. The third-order valence-electron chi connectivity index (χ3n) is 2.59. The quantitative estimate of drug-likeness (QED) is 0.613. The van der Waals surface area contributed by atoms with Gasteiger partial charge in [0.25, 0.3) is 0 Å². The van der Waals surface area contributed by atoms with E-state index in [1.807, 2.05) is 7.05 Å². The molecular formula is C8H15NO. The minimum absolute atomic E-state index is 0.546. The second-order valence-electron chi connectivity index (χ2n) is 3.36. The molecular weight excluding hydrogens is 126 g/mol. The van der Waals surface area contributed by atoms with Gasteiger partial charge in [0.15, 0.2) is 0 Å². The molecule has 1 aliphatic carbocycles. The van der Waals surface area contributed by atoms with Crippen molar-refractivity contribution in [3.8, 4) is 0 Å². The van der Waals surface area contributed by atoms with E-state index in [9.17, 15) is 0 Å². The van der Waals surface area contributed by atoms with E-state index < -0.39 is 0 Å². The monoisotopic (exact) mass is 141 g/mol. The minimum atomic E-state index is 0.546. The van der Waals surface area contributed by atoms with Crippen molar-refractivity contribution in [2.24, 2.45) is 5.92 Å². The van der Waals surface area contributed by atoms with Crippen molar-refractivity contribution in [3.05, 3.63) is 0 Å². The van der Waals surface area contributed by atoms with Crippen molar-refractivity contribution in [1.82, 2.24) is 5.32 Å². The summed E-state index contributed by atoms with van der Waals surface area (Å²) in [6.45, 7) is 0.965. The third kappa shape index (κ3) is 1.06. The summed E-state index contributed by atoms with van der Waals surface area (Å²) in [5.74, 6) is 0.889. The maximum atomic E-state index is 5.62. The van der Waals surface area contributed by atoms with E-state index in [1.54, 1.807) is 0 Å². The standard InChI is InChI=1S/C8H15NO/c1-9-7-4-5-10-8(7)6-2-3-6/h6-9H,2-5H2,1H3. The van der Waals surface area contributed by atoms with E-state index in [-0.39, 0.29) is 0 Å². The summed E-state index contributed by atoms with van der Waals surface area (Å²) in [7, 11) is 2.04. The smallest absolute Gasteiger partial charge is 0.0756 e. The van der Waals surface area contributed by atoms with E-state index in [4.69, 9.17) is 4.74 Å². The maximum Gasteiger partial charge on any atom is 0.0756 e. The average Bonchev–Trinajstić information content (AvgIpc) is 2.69. The summed E-state index contributed by atoms with van der Waals surface area (Å²) >= 11 is 0. The molecule has 0 aromatic rings. The molecule has 0 spiro atoms. The van der Waals surface area contributed by atoms with Gasteiger partial charge in [-0.15, -0.1) is 0 Å². The van der Waals surface area contributed by atoms with E-state index >= 15 is 0 Å². The van der Waals surface area contributed by atoms with Gasteiger partial charge >= 0.3 is 0 Å². The van der Waals surface area contributed by atoms with Gasteiger partial charge in [0.05, 0.1) is 6.10 Å². The van der Waals surface area contributed by atoms with Crippen molar-refractivity contribution in [2.75, 3.05) is 13.7 Å². The van der Waals surface area contributed by atoms with Crippen LogP contribution in [0.5, 0.6) is 0 Å². The molecule has 2 heteroatoms. The molecule has 1 saturated carbocycles. The zero-order chi connectivity index (χ0) is 6.97. The first kappa shape index (κ1) is 6.62. The molecule has 0 radical (unpaired) electrons. The summed E-state index contributed by atoms with van der Waals surface area (Å²) < 4.78 is 5.62. The Balaban J connectivity index is 1.91. The van der Waals surface area contributed by atoms with Crippen LogP contribution in [-0.2, 0) is 4.74 Å². The van der Waals surface area contributed by atoms with Crippen LogP contribution in [0.15, 0.2) is 0 Å². The summed E-state index contributed by atoms with van der Waals surface area (Å²) in [5.41, 5.74) is 0. The van der Waals surface area contributed by atoms with Crippen LogP contribution >= 0.6 is 0 Å². The molecule has 0 aromatic carbocycles. The van der Waals surface area contributed by atoms with Crippen molar-refractivity contribution >= 4 is 0 Å². The van der Waals surface area contributed by atoms with E-state index in [0.717, 1.165) is 12.5 Å². The molecule has 1 heterocycles. The van der Waals surface area contributed by atoms with Crippen LogP contribution in [0.2, 0.25) is 0 Å². The van der Waals surface area contributed by atoms with Crippen LogP contribution in [0.3, 0.4) is 0 Å². The molecule has 1 aliphatic heterocycles. The summed E-state index contributed by atoms with van der Waals surface area (Å²) in [6.07, 6.45) is 4.54. The minimum Gasteiger partial charge on any atom is -0.376 e. The highest BCUT2D eigenvalue weighted by Gasteiger charge is 2.39. The molecule has 10 heavy (non-hydrogen) atoms. The Kier molecular flexibility index (Phi) is 1.66. The van der Waals surface area contributed by atoms with Crippen molar-refractivity contribution in [1.29, 1.82) is 0 Å². The second-order valence-corrected chi connectivity index (χ2v) is 3.36. The number of likely N-dealkylation sites (N-methyl/N-ethyl adjacent to an activating group) is 1. The second kappa shape index (κ2) is 2.51. The SMILES string of the molecule is CNC1CCOC1C1CC1. The van der Waals surface area contributed by atoms with Crippen LogP contribution in [-0.4, -0.2) is 25.8 Å². The van der Waals surface area contributed by atoms with E-state index in [1.165, 1.54) is 19.3 Å². The number of nitrogens with one attached hydrogen (secondary N) is 1. The number of rotatable bonds is 2. The topological polar surface area (TPSA) is 21.3 Å². The molecule has 1 N–H and O–H groups in total. The lowest BCUT2D eigenvalue weighted by Gasteiger charge is -2.16. The van der Waals surface area contributed by atoms with Crippen LogP contribution in [0.1, 0.15) is 19.3 Å². The highest BCUT2D eigenvalue weighted by Crippen LogP contribution is 2.38. The van der Waals surface area contributed by atoms with Gasteiger partial charge in [0, 0.05) is 12.6 Å². The Labute approximate surface area is 61.9 Å². The Morgan fingerprint density at radius 2 is 2.10 bits per heavy atom. The molecule has 2 nitrogen and oxygen atoms in total. The molecule has 58 valence electrons. The Bertz CT molecular complexity index is 122. The van der Waals surface area contributed by atoms with Gasteiger partial charge in [0.2, 0.25) is 0 Å². The summed E-state index contributed by atoms with van der Waals surface area (Å²) in [6, 6.07) is 0.646. The normalized spacial score (nSPS) is 40.5. The molecule has 0 amide bonds. The third-order valence-corrected chi connectivity index (χ3v) is 2.59. The van der Waals surface area contributed by atoms with Gasteiger partial charge in [-0.1, -0.05) is 0 Å². The molecule has 0 bridgehead atoms. The molecule has 2 rings (SSSR count). The lowest BCUT2D eigenvalue weighted by atomic mass is 10.1. The summed E-state index contributed by atoms with van der Waals surface area (Å²) in [5, 5.41) is 3.31. The predicted octanol–water partition coefficient (Wildman–Crippen LogP) is 0.773. The zero-order valence-electron chi connectivity index (χ0n) is 6.47. The van der Waals surface area contributed by atoms with E-state index in [0.29, 0.717) is 12.1 Å². The van der Waals surface area contributed by atoms with Gasteiger partial charge in [-0.2, -0.15) is 0 Å². The van der Waals surface area contributed by atoms with Crippen LogP contribution in [0, 0.1) is 5.92 Å². The lowest BCUT2D eigenvalue weighted by molar-refractivity contribution is 0.0825. The molecule has 2 aliphatic rings. The van der Waals surface area contributed by atoms with Crippen molar-refractivity contribution in [3.63, 3.8) is 0 Å². The fourth-order valence-corrected chi connectivity index (χ4v) is 1.81. The van der Waals surface area contributed by atoms with Crippen molar-refractivity contribution in [2.45, 2.75) is 31.4 Å². The van der Waals surface area contributed by atoms with Crippen LogP contribution in [0.4, 0.5) is 0 Å². The highest BCUT2D eigenvalue weighted by atomic mass is 16.5. The molecule has 2 fully saturated rings. The first-order chi connectivity index (χ1) is 4.92. The number of hydrogen-bond acceptors (Lipinski definition) is 2. The molecule has 2 atom stereocenters. The van der Waals surface area contributed by atoms with Gasteiger partial charge < -0.3 is 10.1 Å². The summed E-state index contributed by atoms with van der Waals surface area (Å²) in [4.78, 5) is 0. The largest absolute Gasteiger partial charge is 0.376 e. The fourth-order valence-electron chi connectivity index (χ4n) is 1.81. The van der Waals surface area contributed by atoms with Gasteiger partial charge in [-0.25, -0.2) is 0 Å². The molecule has 0 aromatic heterocycles. The molecule has 1 saturated heterocycles. The predicted molar refractivity (Wildman–Crippen MR) is 39.9 cm³/mol. The van der Waals surface area contributed by atoms with Gasteiger partial charge in [0.1, 0.15) is 0 Å². The number of ether oxygens (including phenoxy) is 1.